The summed E-state index contributed by atoms with van der Waals surface area (Å²) >= 11 is 11.6. The quantitative estimate of drug-likeness (QED) is 0.723. The van der Waals surface area contributed by atoms with Crippen molar-refractivity contribution in [1.29, 1.82) is 0 Å². The van der Waals surface area contributed by atoms with Gasteiger partial charge in [0.05, 0.1) is 6.67 Å². The highest BCUT2D eigenvalue weighted by molar-refractivity contribution is 7.71. The second kappa shape index (κ2) is 7.22. The lowest BCUT2D eigenvalue weighted by atomic mass is 9.75. The first-order valence-corrected chi connectivity index (χ1v) is 10.0. The summed E-state index contributed by atoms with van der Waals surface area (Å²) in [6.45, 7) is 3.15. The van der Waals surface area contributed by atoms with E-state index < -0.39 is 0 Å². The Morgan fingerprint density at radius 1 is 1.12 bits per heavy atom. The van der Waals surface area contributed by atoms with Gasteiger partial charge >= 0.3 is 0 Å². The Balaban J connectivity index is 1.52. The molecule has 2 unspecified atom stereocenters. The largest absolute Gasteiger partial charge is 0.303 e. The molecule has 0 N–H and O–H groups in total. The zero-order valence-corrected chi connectivity index (χ0v) is 16.3. The van der Waals surface area contributed by atoms with Gasteiger partial charge in [0, 0.05) is 30.7 Å². The number of benzene rings is 1. The number of nitrogens with zero attached hydrogens (tertiary/aromatic N) is 4. The molecule has 0 spiro atoms. The number of aromatic nitrogens is 3. The van der Waals surface area contributed by atoms with Gasteiger partial charge in [-0.05, 0) is 61.2 Å². The predicted molar refractivity (Wildman–Crippen MR) is 104 cm³/mol. The summed E-state index contributed by atoms with van der Waals surface area (Å²) in [5, 5.41) is 5.53. The summed E-state index contributed by atoms with van der Waals surface area (Å²) in [6, 6.07) is 7.79. The number of likely N-dealkylation sites (tertiary alicyclic amines) is 1. The lowest BCUT2D eigenvalue weighted by molar-refractivity contribution is 0.0625. The molecule has 2 aromatic rings. The number of rotatable bonds is 3. The first-order chi connectivity index (χ1) is 12.1. The van der Waals surface area contributed by atoms with Gasteiger partial charge in [-0.2, -0.15) is 5.10 Å². The molecule has 1 aliphatic heterocycles. The molecule has 0 radical (unpaired) electrons. The third kappa shape index (κ3) is 3.55. The van der Waals surface area contributed by atoms with Crippen LogP contribution in [0.2, 0.25) is 5.02 Å². The molecule has 1 aliphatic carbocycles. The van der Waals surface area contributed by atoms with Gasteiger partial charge in [-0.25, -0.2) is 4.68 Å². The van der Waals surface area contributed by atoms with Crippen LogP contribution in [0.15, 0.2) is 24.3 Å². The van der Waals surface area contributed by atoms with E-state index in [1.165, 1.54) is 38.6 Å². The van der Waals surface area contributed by atoms with Crippen molar-refractivity contribution in [2.24, 2.45) is 18.9 Å². The van der Waals surface area contributed by atoms with E-state index in [0.29, 0.717) is 0 Å². The summed E-state index contributed by atoms with van der Waals surface area (Å²) < 4.78 is 4.74. The Labute approximate surface area is 159 Å². The average molecular weight is 377 g/mol. The minimum Gasteiger partial charge on any atom is -0.303 e. The van der Waals surface area contributed by atoms with Crippen molar-refractivity contribution in [3.63, 3.8) is 0 Å². The number of halogens is 1. The summed E-state index contributed by atoms with van der Waals surface area (Å²) in [4.78, 5) is 2.53. The first kappa shape index (κ1) is 17.3. The van der Waals surface area contributed by atoms with E-state index in [4.69, 9.17) is 28.9 Å². The van der Waals surface area contributed by atoms with E-state index in [1.54, 1.807) is 0 Å². The molecular formula is C19H25ClN4S. The fourth-order valence-electron chi connectivity index (χ4n) is 4.42. The SMILES string of the molecule is Cn1c(-c2ccc(Cl)cc2)nn(CN2CCC3CCCCC3C2)c1=S. The first-order valence-electron chi connectivity index (χ1n) is 9.24. The van der Waals surface area contributed by atoms with E-state index in [9.17, 15) is 0 Å². The third-order valence-electron chi connectivity index (χ3n) is 5.85. The summed E-state index contributed by atoms with van der Waals surface area (Å²) in [5.41, 5.74) is 1.04. The number of hydrogen-bond donors (Lipinski definition) is 0. The molecule has 2 aliphatic rings. The second-order valence-corrected chi connectivity index (χ2v) is 8.28. The molecule has 2 fully saturated rings. The smallest absolute Gasteiger partial charge is 0.199 e. The van der Waals surface area contributed by atoms with Gasteiger partial charge in [-0.15, -0.1) is 0 Å². The van der Waals surface area contributed by atoms with Crippen LogP contribution in [0.1, 0.15) is 32.1 Å². The second-order valence-electron chi connectivity index (χ2n) is 7.48. The lowest BCUT2D eigenvalue weighted by Gasteiger charge is -2.41. The predicted octanol–water partition coefficient (Wildman–Crippen LogP) is 4.74. The lowest BCUT2D eigenvalue weighted by Crippen LogP contribution is -2.42. The summed E-state index contributed by atoms with van der Waals surface area (Å²) in [5.74, 6) is 2.72. The van der Waals surface area contributed by atoms with Crippen molar-refractivity contribution in [1.82, 2.24) is 19.2 Å². The molecule has 4 nitrogen and oxygen atoms in total. The van der Waals surface area contributed by atoms with Crippen molar-refractivity contribution in [2.75, 3.05) is 13.1 Å². The molecule has 0 amide bonds. The maximum atomic E-state index is 6.00. The van der Waals surface area contributed by atoms with Crippen molar-refractivity contribution in [3.05, 3.63) is 34.1 Å². The fourth-order valence-corrected chi connectivity index (χ4v) is 4.74. The van der Waals surface area contributed by atoms with E-state index >= 15 is 0 Å². The van der Waals surface area contributed by atoms with Crippen molar-refractivity contribution < 1.29 is 0 Å². The van der Waals surface area contributed by atoms with Crippen molar-refractivity contribution >= 4 is 23.8 Å². The van der Waals surface area contributed by atoms with Crippen LogP contribution in [0.25, 0.3) is 11.4 Å². The average Bonchev–Trinajstić information content (AvgIpc) is 2.91. The van der Waals surface area contributed by atoms with Crippen LogP contribution in [-0.4, -0.2) is 32.3 Å². The molecule has 134 valence electrons. The van der Waals surface area contributed by atoms with Gasteiger partial charge < -0.3 is 4.57 Å². The Morgan fingerprint density at radius 3 is 2.60 bits per heavy atom. The molecule has 2 heterocycles. The standard InChI is InChI=1S/C19H25ClN4S/c1-22-18(15-6-8-17(20)9-7-15)21-24(19(22)25)13-23-11-10-14-4-2-3-5-16(14)12-23/h6-9,14,16H,2-5,10-13H2,1H3. The molecule has 1 aromatic carbocycles. The molecule has 6 heteroatoms. The molecule has 4 rings (SSSR count). The van der Waals surface area contributed by atoms with Crippen LogP contribution in [0.5, 0.6) is 0 Å². The van der Waals surface area contributed by atoms with Gasteiger partial charge in [-0.3, -0.25) is 4.90 Å². The van der Waals surface area contributed by atoms with Gasteiger partial charge in [0.2, 0.25) is 0 Å². The van der Waals surface area contributed by atoms with Crippen LogP contribution in [-0.2, 0) is 13.7 Å². The fraction of sp³-hybridized carbons (Fsp3) is 0.579. The van der Waals surface area contributed by atoms with Crippen LogP contribution in [0.3, 0.4) is 0 Å². The van der Waals surface area contributed by atoms with Crippen molar-refractivity contribution in [2.45, 2.75) is 38.8 Å². The molecule has 25 heavy (non-hydrogen) atoms. The van der Waals surface area contributed by atoms with E-state index in [1.807, 2.05) is 40.6 Å². The third-order valence-corrected chi connectivity index (χ3v) is 6.59. The Morgan fingerprint density at radius 2 is 1.84 bits per heavy atom. The number of piperidine rings is 1. The number of hydrogen-bond acceptors (Lipinski definition) is 3. The summed E-state index contributed by atoms with van der Waals surface area (Å²) in [7, 11) is 1.99. The minimum atomic E-state index is 0.736. The van der Waals surface area contributed by atoms with Gasteiger partial charge in [0.1, 0.15) is 0 Å². The van der Waals surface area contributed by atoms with E-state index in [0.717, 1.165) is 46.2 Å². The van der Waals surface area contributed by atoms with E-state index in [2.05, 4.69) is 4.90 Å². The van der Waals surface area contributed by atoms with Crippen LogP contribution < -0.4 is 0 Å². The molecule has 0 bridgehead atoms. The molecule has 2 atom stereocenters. The highest BCUT2D eigenvalue weighted by Gasteiger charge is 2.31. The zero-order valence-electron chi connectivity index (χ0n) is 14.7. The summed E-state index contributed by atoms with van der Waals surface area (Å²) in [6.07, 6.45) is 6.98. The highest BCUT2D eigenvalue weighted by atomic mass is 35.5. The molecule has 1 saturated heterocycles. The minimum absolute atomic E-state index is 0.736. The zero-order chi connectivity index (χ0) is 17.4. The van der Waals surface area contributed by atoms with Gasteiger partial charge in [0.15, 0.2) is 10.6 Å². The maximum Gasteiger partial charge on any atom is 0.199 e. The van der Waals surface area contributed by atoms with Gasteiger partial charge in [0.25, 0.3) is 0 Å². The number of fused-ring (bicyclic) bond motifs is 1. The normalized spacial score (nSPS) is 24.2. The van der Waals surface area contributed by atoms with Crippen LogP contribution >= 0.6 is 23.8 Å². The molecule has 1 aromatic heterocycles. The van der Waals surface area contributed by atoms with Crippen molar-refractivity contribution in [3.8, 4) is 11.4 Å². The van der Waals surface area contributed by atoms with Crippen LogP contribution in [0.4, 0.5) is 0 Å². The molecular weight excluding hydrogens is 352 g/mol. The van der Waals surface area contributed by atoms with E-state index in [-0.39, 0.29) is 0 Å². The molecule has 1 saturated carbocycles. The topological polar surface area (TPSA) is 26.0 Å². The maximum absolute atomic E-state index is 6.00. The van der Waals surface area contributed by atoms with Gasteiger partial charge in [-0.1, -0.05) is 30.9 Å². The van der Waals surface area contributed by atoms with Crippen LogP contribution in [0, 0.1) is 16.6 Å². The monoisotopic (exact) mass is 376 g/mol. The Kier molecular flexibility index (Phi) is 4.98. The highest BCUT2D eigenvalue weighted by Crippen LogP contribution is 2.36. The Bertz CT molecular complexity index is 795. The Hall–Kier alpha value is -1.17.